The Kier molecular flexibility index (Phi) is 16.5. The molecular weight excluding hydrogens is 631 g/mol. The summed E-state index contributed by atoms with van der Waals surface area (Å²) >= 11 is 2.92. The molecule has 230 valence electrons. The van der Waals surface area contributed by atoms with E-state index >= 15 is 0 Å². The predicted octanol–water partition coefficient (Wildman–Crippen LogP) is 8.80. The number of carbonyl (C=O) groups is 1. The Labute approximate surface area is 279 Å². The number of fused-ring (bicyclic) bond motifs is 1. The topological polar surface area (TPSA) is 95.2 Å². The van der Waals surface area contributed by atoms with Crippen molar-refractivity contribution < 1.29 is 13.7 Å². The van der Waals surface area contributed by atoms with Gasteiger partial charge in [0.1, 0.15) is 26.3 Å². The molecule has 3 heterocycles. The molecule has 0 fully saturated rings. The average Bonchev–Trinajstić information content (AvgIpc) is 3.72. The third-order valence-corrected chi connectivity index (χ3v) is 9.31. The number of benzene rings is 1. The van der Waals surface area contributed by atoms with E-state index in [1.807, 2.05) is 35.7 Å². The number of pyridine rings is 1. The normalized spacial score (nSPS) is 9.52. The molecule has 0 spiro atoms. The maximum Gasteiger partial charge on any atom is 0.302 e. The first-order valence-electron chi connectivity index (χ1n) is 13.6. The number of thiophene rings is 1. The molecule has 0 saturated heterocycles. The fourth-order valence-electron chi connectivity index (χ4n) is 3.53. The number of anilines is 1. The van der Waals surface area contributed by atoms with E-state index in [1.54, 1.807) is 6.20 Å². The molecule has 1 unspecified atom stereocenters. The van der Waals surface area contributed by atoms with Crippen molar-refractivity contribution in [2.75, 3.05) is 11.5 Å². The lowest BCUT2D eigenvalue weighted by Gasteiger charge is -2.09. The number of ether oxygens (including phenoxy) is 1. The lowest BCUT2D eigenvalue weighted by atomic mass is 10.0. The highest BCUT2D eigenvalue weighted by Crippen LogP contribution is 2.43. The third kappa shape index (κ3) is 11.6. The van der Waals surface area contributed by atoms with Gasteiger partial charge in [0.2, 0.25) is 0 Å². The van der Waals surface area contributed by atoms with Gasteiger partial charge in [0, 0.05) is 29.6 Å². The monoisotopic (exact) mass is 661 g/mol. The van der Waals surface area contributed by atoms with Crippen molar-refractivity contribution in [3.63, 3.8) is 0 Å². The molecule has 0 aliphatic heterocycles. The molecule has 0 amide bonds. The Morgan fingerprint density at radius 1 is 0.978 bits per heavy atom. The van der Waals surface area contributed by atoms with Crippen LogP contribution in [0, 0.1) is 0 Å². The number of thiazole rings is 1. The summed E-state index contributed by atoms with van der Waals surface area (Å²) in [4.78, 5) is 21.1. The summed E-state index contributed by atoms with van der Waals surface area (Å²) in [6.45, 7) is 16.7. The van der Waals surface area contributed by atoms with Gasteiger partial charge in [-0.1, -0.05) is 60.5 Å². The summed E-state index contributed by atoms with van der Waals surface area (Å²) in [6.07, 6.45) is 3.62. The van der Waals surface area contributed by atoms with Crippen molar-refractivity contribution >= 4 is 55.3 Å². The summed E-state index contributed by atoms with van der Waals surface area (Å²) in [5, 5.41) is 3.56. The summed E-state index contributed by atoms with van der Waals surface area (Å²) in [7, 11) is -1.15. The van der Waals surface area contributed by atoms with Gasteiger partial charge in [0.15, 0.2) is 0 Å². The van der Waals surface area contributed by atoms with Crippen LogP contribution >= 0.6 is 22.7 Å². The van der Waals surface area contributed by atoms with Gasteiger partial charge in [-0.05, 0) is 89.9 Å². The second kappa shape index (κ2) is 20.6. The van der Waals surface area contributed by atoms with E-state index < -0.39 is 10.8 Å². The van der Waals surface area contributed by atoms with Crippen LogP contribution in [-0.4, -0.2) is 25.9 Å². The van der Waals surface area contributed by atoms with Crippen LogP contribution in [0.5, 0.6) is 0 Å². The van der Waals surface area contributed by atoms with Crippen LogP contribution in [0.25, 0.3) is 32.0 Å². The minimum absolute atomic E-state index is 0.229. The fraction of sp³-hybridized carbons (Fsp3) is 0.162. The maximum absolute atomic E-state index is 12.9. The smallest absolute Gasteiger partial charge is 0.302 e. The molecule has 9 heteroatoms. The van der Waals surface area contributed by atoms with Crippen molar-refractivity contribution in [3.8, 4) is 21.8 Å². The van der Waals surface area contributed by atoms with Gasteiger partial charge in [-0.15, -0.1) is 22.7 Å². The van der Waals surface area contributed by atoms with E-state index in [2.05, 4.69) is 95.5 Å². The van der Waals surface area contributed by atoms with Crippen molar-refractivity contribution in [1.82, 2.24) is 9.97 Å². The van der Waals surface area contributed by atoms with E-state index in [0.29, 0.717) is 15.6 Å². The molecule has 0 aliphatic rings. The number of nitrogens with two attached hydrogens (primary N) is 1. The molecule has 0 radical (unpaired) electrons. The molecule has 2 N–H and O–H groups in total. The van der Waals surface area contributed by atoms with Crippen LogP contribution in [0.2, 0.25) is 0 Å². The van der Waals surface area contributed by atoms with E-state index in [1.165, 1.54) is 29.6 Å². The molecule has 6 nitrogen and oxygen atoms in total. The second-order valence-corrected chi connectivity index (χ2v) is 12.4. The first-order chi connectivity index (χ1) is 22.3. The van der Waals surface area contributed by atoms with Crippen LogP contribution < -0.4 is 5.73 Å². The van der Waals surface area contributed by atoms with Crippen LogP contribution in [0.4, 0.5) is 5.69 Å². The van der Waals surface area contributed by atoms with E-state index in [-0.39, 0.29) is 12.6 Å². The maximum atomic E-state index is 12.9. The first kappa shape index (κ1) is 36.8. The number of unbranched alkanes of at least 4 members (excludes halogenated alkanes) is 1. The molecule has 4 aromatic rings. The second-order valence-electron chi connectivity index (χ2n) is 8.71. The quantitative estimate of drug-likeness (QED) is 0.150. The Hall–Kier alpha value is -5.34. The Morgan fingerprint density at radius 2 is 1.59 bits per heavy atom. The van der Waals surface area contributed by atoms with Gasteiger partial charge in [-0.3, -0.25) is 9.00 Å². The molecule has 46 heavy (non-hydrogen) atoms. The van der Waals surface area contributed by atoms with Crippen LogP contribution in [0.3, 0.4) is 0 Å². The number of rotatable bonds is 8. The van der Waals surface area contributed by atoms with Crippen molar-refractivity contribution in [2.45, 2.75) is 37.5 Å². The predicted molar refractivity (Wildman–Crippen MR) is 190 cm³/mol. The molecule has 1 aromatic carbocycles. The van der Waals surface area contributed by atoms with Gasteiger partial charge in [0.25, 0.3) is 0 Å². The summed E-state index contributed by atoms with van der Waals surface area (Å²) in [5.74, 6) is 0.278. The average molecular weight is 662 g/mol. The molecule has 0 aliphatic carbocycles. The zero-order valence-electron chi connectivity index (χ0n) is 25.6. The highest BCUT2D eigenvalue weighted by Gasteiger charge is 2.21. The standard InChI is InChI=1S/C23H23N3O3S3.2C7H4/c1-3-4-11-32(28)23-20(24)19-17(16-7-5-15(6-8-16)13-29-14(2)27)12-18(26-22(19)31-23)21-25-9-10-30-21;2*1-3-5-7-6-4-2/h5-10,12H,3-4,11,13,24H2,1-2H3;2*1-2H2. The molecule has 4 rings (SSSR count). The van der Waals surface area contributed by atoms with E-state index in [4.69, 9.17) is 15.5 Å². The van der Waals surface area contributed by atoms with E-state index in [0.717, 1.165) is 50.5 Å². The molecular formula is C37H31N3O3S3. The molecule has 1 atom stereocenters. The van der Waals surface area contributed by atoms with Crippen molar-refractivity contribution in [1.29, 1.82) is 0 Å². The number of carbonyl (C=O) groups excluding carboxylic acids is 1. The lowest BCUT2D eigenvalue weighted by Crippen LogP contribution is -1.99. The number of aromatic nitrogens is 2. The highest BCUT2D eigenvalue weighted by molar-refractivity contribution is 7.87. The minimum atomic E-state index is -1.15. The van der Waals surface area contributed by atoms with Gasteiger partial charge in [0.05, 0.1) is 16.5 Å². The number of hydrogen-bond donors (Lipinski definition) is 1. The Bertz CT molecular complexity index is 1970. The van der Waals surface area contributed by atoms with Crippen LogP contribution in [0.15, 0.2) is 130 Å². The summed E-state index contributed by atoms with van der Waals surface area (Å²) < 4.78 is 18.7. The number of nitrogen functional groups attached to an aromatic ring is 1. The first-order valence-corrected chi connectivity index (χ1v) is 16.6. The summed E-state index contributed by atoms with van der Waals surface area (Å²) in [6, 6.07) is 9.80. The van der Waals surface area contributed by atoms with Gasteiger partial charge >= 0.3 is 5.97 Å². The lowest BCUT2D eigenvalue weighted by molar-refractivity contribution is -0.142. The van der Waals surface area contributed by atoms with E-state index in [9.17, 15) is 9.00 Å². The summed E-state index contributed by atoms with van der Waals surface area (Å²) in [5.41, 5.74) is 34.6. The minimum Gasteiger partial charge on any atom is -0.461 e. The third-order valence-electron chi connectivity index (χ3n) is 5.52. The Balaban J connectivity index is 0.000000440. The zero-order valence-corrected chi connectivity index (χ0v) is 28.1. The van der Waals surface area contributed by atoms with Crippen LogP contribution in [0.1, 0.15) is 32.3 Å². The number of esters is 1. The fourth-order valence-corrected chi connectivity index (χ4v) is 6.92. The SMILES string of the molecule is C=C=C=C=C=C=C.C=C=C=C=C=C=C.CCCCS(=O)c1sc2nc(-c3nccs3)cc(-c3ccc(COC(C)=O)cc3)c2c1N. The van der Waals surface area contributed by atoms with Gasteiger partial charge in [-0.25, -0.2) is 9.97 Å². The van der Waals surface area contributed by atoms with Gasteiger partial charge < -0.3 is 10.5 Å². The number of hydrogen-bond acceptors (Lipinski definition) is 8. The zero-order chi connectivity index (χ0) is 33.7. The molecule has 0 bridgehead atoms. The Morgan fingerprint density at radius 3 is 2.09 bits per heavy atom. The van der Waals surface area contributed by atoms with Crippen molar-refractivity contribution in [3.05, 3.63) is 131 Å². The van der Waals surface area contributed by atoms with Crippen LogP contribution in [-0.2, 0) is 26.9 Å². The van der Waals surface area contributed by atoms with Gasteiger partial charge in [-0.2, -0.15) is 0 Å². The molecule has 3 aromatic heterocycles. The number of nitrogens with zero attached hydrogens (tertiary/aromatic N) is 2. The largest absolute Gasteiger partial charge is 0.461 e. The molecule has 0 saturated carbocycles. The highest BCUT2D eigenvalue weighted by atomic mass is 32.2. The van der Waals surface area contributed by atoms with Crippen molar-refractivity contribution in [2.24, 2.45) is 0 Å².